The molecule has 0 saturated carbocycles. The van der Waals surface area contributed by atoms with Crippen molar-refractivity contribution in [2.45, 2.75) is 44.6 Å². The summed E-state index contributed by atoms with van der Waals surface area (Å²) in [7, 11) is 0. The van der Waals surface area contributed by atoms with Gasteiger partial charge in [-0.25, -0.2) is 0 Å². The van der Waals surface area contributed by atoms with Crippen molar-refractivity contribution in [3.05, 3.63) is 64.2 Å². The maximum Gasteiger partial charge on any atom is 0.237 e. The molecule has 0 aromatic heterocycles. The fourth-order valence-electron chi connectivity index (χ4n) is 5.39. The number of rotatable bonds is 4. The zero-order chi connectivity index (χ0) is 21.6. The highest BCUT2D eigenvalue weighted by molar-refractivity contribution is 6.31. The van der Waals surface area contributed by atoms with Crippen LogP contribution in [0.25, 0.3) is 0 Å². The molecule has 1 saturated heterocycles. The van der Waals surface area contributed by atoms with Crippen LogP contribution in [0.15, 0.2) is 53.6 Å². The van der Waals surface area contributed by atoms with Crippen LogP contribution in [0.4, 0.5) is 5.69 Å². The van der Waals surface area contributed by atoms with Crippen LogP contribution in [0.3, 0.4) is 0 Å². The van der Waals surface area contributed by atoms with Crippen molar-refractivity contribution in [3.63, 3.8) is 0 Å². The smallest absolute Gasteiger partial charge is 0.237 e. The van der Waals surface area contributed by atoms with E-state index in [1.165, 1.54) is 0 Å². The molecule has 1 unspecified atom stereocenters. The number of allylic oxidation sites excluding steroid dienone is 4. The number of hydrogen-bond acceptors (Lipinski definition) is 2. The number of carbonyl (C=O) groups excluding carboxylic acids is 2. The lowest BCUT2D eigenvalue weighted by molar-refractivity contribution is -0.133. The Morgan fingerprint density at radius 1 is 1.27 bits per heavy atom. The Morgan fingerprint density at radius 3 is 2.73 bits per heavy atom. The second kappa shape index (κ2) is 7.90. The zero-order valence-corrected chi connectivity index (χ0v) is 18.7. The van der Waals surface area contributed by atoms with Gasteiger partial charge in [-0.05, 0) is 54.4 Å². The van der Waals surface area contributed by atoms with Crippen molar-refractivity contribution >= 4 is 40.7 Å². The van der Waals surface area contributed by atoms with Crippen molar-refractivity contribution in [3.8, 4) is 0 Å². The minimum atomic E-state index is -0.955. The van der Waals surface area contributed by atoms with Crippen LogP contribution in [-0.4, -0.2) is 17.9 Å². The van der Waals surface area contributed by atoms with Gasteiger partial charge in [0, 0.05) is 22.2 Å². The fraction of sp³-hybridized carbons (Fsp3) is 0.417. The van der Waals surface area contributed by atoms with E-state index in [4.69, 9.17) is 23.2 Å². The summed E-state index contributed by atoms with van der Waals surface area (Å²) < 4.78 is 0. The van der Waals surface area contributed by atoms with Gasteiger partial charge in [-0.15, -0.1) is 0 Å². The van der Waals surface area contributed by atoms with Gasteiger partial charge in [0.1, 0.15) is 5.41 Å². The summed E-state index contributed by atoms with van der Waals surface area (Å²) in [5.74, 6) is -0.0990. The molecule has 4 rings (SSSR count). The summed E-state index contributed by atoms with van der Waals surface area (Å²) in [5.41, 5.74) is 1.49. The molecule has 0 bridgehead atoms. The van der Waals surface area contributed by atoms with Crippen molar-refractivity contribution in [1.82, 2.24) is 5.32 Å². The lowest BCUT2D eigenvalue weighted by atomic mass is 9.56. The number of amides is 2. The number of nitrogens with one attached hydrogen (secondary N) is 2. The number of fused-ring (bicyclic) bond motifs is 2. The van der Waals surface area contributed by atoms with Gasteiger partial charge in [0.2, 0.25) is 11.8 Å². The van der Waals surface area contributed by atoms with Crippen molar-refractivity contribution in [2.75, 3.05) is 5.32 Å². The van der Waals surface area contributed by atoms with Crippen LogP contribution >= 0.6 is 23.2 Å². The van der Waals surface area contributed by atoms with E-state index in [1.54, 1.807) is 6.07 Å². The first-order valence-electron chi connectivity index (χ1n) is 10.3. The first-order chi connectivity index (χ1) is 14.2. The third-order valence-corrected chi connectivity index (χ3v) is 6.98. The van der Waals surface area contributed by atoms with E-state index in [0.29, 0.717) is 23.0 Å². The van der Waals surface area contributed by atoms with Crippen LogP contribution in [0.1, 0.15) is 38.7 Å². The first-order valence-corrected chi connectivity index (χ1v) is 11.1. The van der Waals surface area contributed by atoms with Crippen molar-refractivity contribution < 1.29 is 9.59 Å². The average Bonchev–Trinajstić information content (AvgIpc) is 2.94. The van der Waals surface area contributed by atoms with E-state index in [1.807, 2.05) is 24.3 Å². The van der Waals surface area contributed by atoms with E-state index >= 15 is 0 Å². The molecule has 0 radical (unpaired) electrons. The maximum absolute atomic E-state index is 13.7. The molecular formula is C24H26Cl2N2O2. The molecule has 2 aliphatic heterocycles. The Labute approximate surface area is 187 Å². The molecule has 2 N–H and O–H groups in total. The molecule has 4 atom stereocenters. The SMILES string of the molecule is C=C(CC(C)C)[C@H]1NC(=O)C[C@@H](C2C=CC=C(Cl)C2)[C@]12C(=O)Nc1cc(Cl)ccc12. The maximum atomic E-state index is 13.7. The molecular weight excluding hydrogens is 419 g/mol. The monoisotopic (exact) mass is 444 g/mol. The second-order valence-electron chi connectivity index (χ2n) is 8.95. The summed E-state index contributed by atoms with van der Waals surface area (Å²) in [5, 5.41) is 7.45. The molecule has 1 fully saturated rings. The number of benzene rings is 1. The molecule has 2 heterocycles. The molecule has 1 aromatic rings. The zero-order valence-electron chi connectivity index (χ0n) is 17.2. The van der Waals surface area contributed by atoms with E-state index in [9.17, 15) is 9.59 Å². The highest BCUT2D eigenvalue weighted by Gasteiger charge is 2.62. The largest absolute Gasteiger partial charge is 0.348 e. The van der Waals surface area contributed by atoms with E-state index in [2.05, 4.69) is 37.1 Å². The number of carbonyl (C=O) groups is 2. The number of hydrogen-bond donors (Lipinski definition) is 2. The van der Waals surface area contributed by atoms with E-state index < -0.39 is 11.5 Å². The molecule has 1 aromatic carbocycles. The van der Waals surface area contributed by atoms with Crippen LogP contribution in [0, 0.1) is 17.8 Å². The Kier molecular flexibility index (Phi) is 5.58. The normalized spacial score (nSPS) is 30.2. The molecule has 3 aliphatic rings. The van der Waals surface area contributed by atoms with Crippen LogP contribution < -0.4 is 10.6 Å². The van der Waals surface area contributed by atoms with Gasteiger partial charge in [-0.1, -0.05) is 67.4 Å². The van der Waals surface area contributed by atoms with Gasteiger partial charge in [0.05, 0.1) is 6.04 Å². The third kappa shape index (κ3) is 3.40. The molecule has 2 amide bonds. The summed E-state index contributed by atoms with van der Waals surface area (Å²) in [6.07, 6.45) is 7.43. The van der Waals surface area contributed by atoms with Crippen molar-refractivity contribution in [1.29, 1.82) is 0 Å². The predicted octanol–water partition coefficient (Wildman–Crippen LogP) is 5.34. The topological polar surface area (TPSA) is 58.2 Å². The molecule has 1 spiro atoms. The Balaban J connectivity index is 1.90. The third-order valence-electron chi connectivity index (χ3n) is 6.46. The van der Waals surface area contributed by atoms with E-state index in [-0.39, 0.29) is 30.1 Å². The minimum Gasteiger partial charge on any atom is -0.348 e. The number of piperidine rings is 1. The molecule has 4 nitrogen and oxygen atoms in total. The van der Waals surface area contributed by atoms with Crippen LogP contribution in [0.2, 0.25) is 5.02 Å². The minimum absolute atomic E-state index is 0.0321. The predicted molar refractivity (Wildman–Crippen MR) is 122 cm³/mol. The van der Waals surface area contributed by atoms with Crippen LogP contribution in [0.5, 0.6) is 0 Å². The number of halogens is 2. The van der Waals surface area contributed by atoms with Crippen molar-refractivity contribution in [2.24, 2.45) is 17.8 Å². The Bertz CT molecular complexity index is 981. The molecule has 1 aliphatic carbocycles. The highest BCUT2D eigenvalue weighted by Crippen LogP contribution is 2.54. The average molecular weight is 445 g/mol. The van der Waals surface area contributed by atoms with Gasteiger partial charge < -0.3 is 10.6 Å². The second-order valence-corrected chi connectivity index (χ2v) is 9.87. The summed E-state index contributed by atoms with van der Waals surface area (Å²) in [6.45, 7) is 8.53. The first kappa shape index (κ1) is 21.2. The summed E-state index contributed by atoms with van der Waals surface area (Å²) in [6, 6.07) is 5.01. The fourth-order valence-corrected chi connectivity index (χ4v) is 5.81. The molecule has 6 heteroatoms. The summed E-state index contributed by atoms with van der Waals surface area (Å²) >= 11 is 12.6. The standard InChI is InChI=1S/C24H26Cl2N2O2/c1-13(2)9-14(3)22-24(18-8-7-17(26)11-20(18)27-23(24)30)19(12-21(29)28-22)15-5-4-6-16(25)10-15/h4-8,11,13,15,19,22H,3,9-10,12H2,1-2H3,(H,27,30)(H,28,29)/t15?,19-,22+,24-/m0/s1. The lowest BCUT2D eigenvalue weighted by Crippen LogP contribution is -2.64. The quantitative estimate of drug-likeness (QED) is 0.615. The Hall–Kier alpha value is -2.04. The molecule has 158 valence electrons. The van der Waals surface area contributed by atoms with Gasteiger partial charge in [0.15, 0.2) is 0 Å². The number of anilines is 1. The van der Waals surface area contributed by atoms with Gasteiger partial charge in [0.25, 0.3) is 0 Å². The lowest BCUT2D eigenvalue weighted by Gasteiger charge is -2.49. The van der Waals surface area contributed by atoms with Gasteiger partial charge in [-0.2, -0.15) is 0 Å². The highest BCUT2D eigenvalue weighted by atomic mass is 35.5. The molecule has 30 heavy (non-hydrogen) atoms. The van der Waals surface area contributed by atoms with Gasteiger partial charge >= 0.3 is 0 Å². The van der Waals surface area contributed by atoms with E-state index in [0.717, 1.165) is 22.6 Å². The van der Waals surface area contributed by atoms with Crippen LogP contribution in [-0.2, 0) is 15.0 Å². The van der Waals surface area contributed by atoms with Gasteiger partial charge in [-0.3, -0.25) is 9.59 Å². The summed E-state index contributed by atoms with van der Waals surface area (Å²) in [4.78, 5) is 26.6. The Morgan fingerprint density at radius 2 is 2.03 bits per heavy atom.